The highest BCUT2D eigenvalue weighted by atomic mass is 16.4. The van der Waals surface area contributed by atoms with Crippen LogP contribution in [0, 0.1) is 0 Å². The summed E-state index contributed by atoms with van der Waals surface area (Å²) in [6.45, 7) is 0. The zero-order valence-corrected chi connectivity index (χ0v) is 8.79. The van der Waals surface area contributed by atoms with Crippen LogP contribution in [0.15, 0.2) is 18.2 Å². The molecular formula is C12H15NO2. The van der Waals surface area contributed by atoms with E-state index in [1.54, 1.807) is 6.07 Å². The van der Waals surface area contributed by atoms with Crippen molar-refractivity contribution in [1.82, 2.24) is 5.32 Å². The van der Waals surface area contributed by atoms with E-state index in [0.29, 0.717) is 11.6 Å². The highest BCUT2D eigenvalue weighted by Crippen LogP contribution is 2.31. The van der Waals surface area contributed by atoms with Crippen molar-refractivity contribution in [2.75, 3.05) is 7.05 Å². The molecule has 0 bridgehead atoms. The quantitative estimate of drug-likeness (QED) is 0.776. The fourth-order valence-corrected chi connectivity index (χ4v) is 2.35. The standard InChI is InChI=1S/C12H15NO2/c1-13-11-7-3-4-8-9(11)5-2-6-10(8)12(14)15/h2,5-6,11,13H,3-4,7H2,1H3,(H,14,15). The van der Waals surface area contributed by atoms with Gasteiger partial charge in [0.05, 0.1) is 5.56 Å². The highest BCUT2D eigenvalue weighted by Gasteiger charge is 2.22. The molecule has 0 fully saturated rings. The van der Waals surface area contributed by atoms with Gasteiger partial charge in [-0.25, -0.2) is 4.79 Å². The van der Waals surface area contributed by atoms with E-state index in [9.17, 15) is 4.79 Å². The van der Waals surface area contributed by atoms with Gasteiger partial charge in [0, 0.05) is 6.04 Å². The Balaban J connectivity index is 2.50. The van der Waals surface area contributed by atoms with Gasteiger partial charge in [-0.15, -0.1) is 0 Å². The maximum atomic E-state index is 11.0. The predicted molar refractivity (Wildman–Crippen MR) is 58.1 cm³/mol. The van der Waals surface area contributed by atoms with Crippen LogP contribution in [0.25, 0.3) is 0 Å². The van der Waals surface area contributed by atoms with E-state index >= 15 is 0 Å². The monoisotopic (exact) mass is 205 g/mol. The fourth-order valence-electron chi connectivity index (χ4n) is 2.35. The number of carbonyl (C=O) groups is 1. The molecule has 0 aromatic heterocycles. The van der Waals surface area contributed by atoms with Crippen molar-refractivity contribution in [2.45, 2.75) is 25.3 Å². The third-order valence-corrected chi connectivity index (χ3v) is 3.09. The Morgan fingerprint density at radius 1 is 1.53 bits per heavy atom. The van der Waals surface area contributed by atoms with E-state index in [-0.39, 0.29) is 0 Å². The lowest BCUT2D eigenvalue weighted by Gasteiger charge is -2.26. The first-order valence-electron chi connectivity index (χ1n) is 5.26. The van der Waals surface area contributed by atoms with E-state index in [1.165, 1.54) is 0 Å². The Morgan fingerprint density at radius 3 is 3.00 bits per heavy atom. The molecule has 2 rings (SSSR count). The molecule has 1 aromatic carbocycles. The number of aromatic carboxylic acids is 1. The summed E-state index contributed by atoms with van der Waals surface area (Å²) >= 11 is 0. The van der Waals surface area contributed by atoms with Gasteiger partial charge < -0.3 is 10.4 Å². The Labute approximate surface area is 89.1 Å². The SMILES string of the molecule is CNC1CCCc2c(C(=O)O)cccc21. The molecule has 0 heterocycles. The van der Waals surface area contributed by atoms with Crippen LogP contribution in [0.3, 0.4) is 0 Å². The molecule has 0 radical (unpaired) electrons. The maximum absolute atomic E-state index is 11.0. The average Bonchev–Trinajstić information content (AvgIpc) is 2.27. The number of fused-ring (bicyclic) bond motifs is 1. The van der Waals surface area contributed by atoms with Gasteiger partial charge in [-0.3, -0.25) is 0 Å². The van der Waals surface area contributed by atoms with Crippen molar-refractivity contribution < 1.29 is 9.90 Å². The van der Waals surface area contributed by atoms with Crippen LogP contribution in [0.4, 0.5) is 0 Å². The summed E-state index contributed by atoms with van der Waals surface area (Å²) in [6, 6.07) is 5.87. The second kappa shape index (κ2) is 4.03. The number of carboxylic acids is 1. The predicted octanol–water partition coefficient (Wildman–Crippen LogP) is 1.98. The first-order valence-corrected chi connectivity index (χ1v) is 5.26. The van der Waals surface area contributed by atoms with Crippen molar-refractivity contribution in [3.05, 3.63) is 34.9 Å². The van der Waals surface area contributed by atoms with Crippen molar-refractivity contribution in [3.63, 3.8) is 0 Å². The third kappa shape index (κ3) is 1.75. The fraction of sp³-hybridized carbons (Fsp3) is 0.417. The molecule has 1 aliphatic carbocycles. The molecule has 3 nitrogen and oxygen atoms in total. The topological polar surface area (TPSA) is 49.3 Å². The van der Waals surface area contributed by atoms with Gasteiger partial charge in [0.1, 0.15) is 0 Å². The molecular weight excluding hydrogens is 190 g/mol. The van der Waals surface area contributed by atoms with Gasteiger partial charge in [0.15, 0.2) is 0 Å². The summed E-state index contributed by atoms with van der Waals surface area (Å²) in [7, 11) is 1.92. The van der Waals surface area contributed by atoms with Crippen LogP contribution in [-0.2, 0) is 6.42 Å². The lowest BCUT2D eigenvalue weighted by Crippen LogP contribution is -2.23. The minimum atomic E-state index is -0.816. The minimum Gasteiger partial charge on any atom is -0.478 e. The van der Waals surface area contributed by atoms with Crippen molar-refractivity contribution in [3.8, 4) is 0 Å². The summed E-state index contributed by atoms with van der Waals surface area (Å²) < 4.78 is 0. The normalized spacial score (nSPS) is 19.7. The van der Waals surface area contributed by atoms with Crippen LogP contribution in [-0.4, -0.2) is 18.1 Å². The van der Waals surface area contributed by atoms with Gasteiger partial charge in [0.25, 0.3) is 0 Å². The van der Waals surface area contributed by atoms with Crippen molar-refractivity contribution in [1.29, 1.82) is 0 Å². The molecule has 0 spiro atoms. The molecule has 1 atom stereocenters. The van der Waals surface area contributed by atoms with Crippen LogP contribution >= 0.6 is 0 Å². The van der Waals surface area contributed by atoms with Crippen LogP contribution in [0.1, 0.15) is 40.4 Å². The van der Waals surface area contributed by atoms with Crippen LogP contribution in [0.5, 0.6) is 0 Å². The molecule has 3 heteroatoms. The zero-order valence-electron chi connectivity index (χ0n) is 8.79. The molecule has 0 saturated carbocycles. The molecule has 1 aromatic rings. The Morgan fingerprint density at radius 2 is 2.33 bits per heavy atom. The van der Waals surface area contributed by atoms with E-state index in [0.717, 1.165) is 30.4 Å². The van der Waals surface area contributed by atoms with Gasteiger partial charge in [-0.2, -0.15) is 0 Å². The Kier molecular flexibility index (Phi) is 2.73. The van der Waals surface area contributed by atoms with Crippen molar-refractivity contribution >= 4 is 5.97 Å². The van der Waals surface area contributed by atoms with Gasteiger partial charge >= 0.3 is 5.97 Å². The van der Waals surface area contributed by atoms with Gasteiger partial charge in [-0.1, -0.05) is 12.1 Å². The van der Waals surface area contributed by atoms with Gasteiger partial charge in [0.2, 0.25) is 0 Å². The van der Waals surface area contributed by atoms with Gasteiger partial charge in [-0.05, 0) is 43.5 Å². The molecule has 15 heavy (non-hydrogen) atoms. The minimum absolute atomic E-state index is 0.313. The first kappa shape index (κ1) is 10.2. The van der Waals surface area contributed by atoms with Crippen LogP contribution in [0.2, 0.25) is 0 Å². The zero-order chi connectivity index (χ0) is 10.8. The third-order valence-electron chi connectivity index (χ3n) is 3.09. The second-order valence-corrected chi connectivity index (χ2v) is 3.91. The van der Waals surface area contributed by atoms with Crippen molar-refractivity contribution in [2.24, 2.45) is 0 Å². The Hall–Kier alpha value is -1.35. The molecule has 0 amide bonds. The number of hydrogen-bond acceptors (Lipinski definition) is 2. The lowest BCUT2D eigenvalue weighted by molar-refractivity contribution is 0.0695. The number of nitrogens with one attached hydrogen (secondary N) is 1. The highest BCUT2D eigenvalue weighted by molar-refractivity contribution is 5.90. The summed E-state index contributed by atoms with van der Waals surface area (Å²) in [5.74, 6) is -0.816. The number of benzene rings is 1. The molecule has 1 unspecified atom stereocenters. The Bertz CT molecular complexity index is 387. The average molecular weight is 205 g/mol. The van der Waals surface area contributed by atoms with E-state index in [2.05, 4.69) is 5.32 Å². The number of hydrogen-bond donors (Lipinski definition) is 2. The summed E-state index contributed by atoms with van der Waals surface area (Å²) in [5.41, 5.74) is 2.63. The molecule has 0 aliphatic heterocycles. The largest absolute Gasteiger partial charge is 0.478 e. The molecule has 80 valence electrons. The summed E-state index contributed by atoms with van der Waals surface area (Å²) in [5, 5.41) is 12.3. The summed E-state index contributed by atoms with van der Waals surface area (Å²) in [4.78, 5) is 11.0. The number of carboxylic acid groups (broad SMARTS) is 1. The molecule has 0 saturated heterocycles. The second-order valence-electron chi connectivity index (χ2n) is 3.91. The number of rotatable bonds is 2. The van der Waals surface area contributed by atoms with E-state index in [1.807, 2.05) is 19.2 Å². The molecule has 1 aliphatic rings. The van der Waals surface area contributed by atoms with E-state index in [4.69, 9.17) is 5.11 Å². The van der Waals surface area contributed by atoms with Crippen LogP contribution < -0.4 is 5.32 Å². The summed E-state index contributed by atoms with van der Waals surface area (Å²) in [6.07, 6.45) is 3.03. The van der Waals surface area contributed by atoms with E-state index < -0.39 is 5.97 Å². The molecule has 2 N–H and O–H groups in total. The maximum Gasteiger partial charge on any atom is 0.335 e. The smallest absolute Gasteiger partial charge is 0.335 e. The first-order chi connectivity index (χ1) is 7.24. The lowest BCUT2D eigenvalue weighted by atomic mass is 9.85.